The van der Waals surface area contributed by atoms with Crippen LogP contribution in [0.5, 0.6) is 17.2 Å². The molecule has 0 spiro atoms. The summed E-state index contributed by atoms with van der Waals surface area (Å²) in [6, 6.07) is 23.8. The van der Waals surface area contributed by atoms with Crippen LogP contribution in [0.25, 0.3) is 0 Å². The molecule has 160 valence electrons. The van der Waals surface area contributed by atoms with E-state index in [0.29, 0.717) is 31.1 Å². The van der Waals surface area contributed by atoms with Gasteiger partial charge in [0.25, 0.3) is 5.91 Å². The van der Waals surface area contributed by atoms with Gasteiger partial charge in [-0.2, -0.15) is 0 Å². The van der Waals surface area contributed by atoms with Crippen molar-refractivity contribution in [2.24, 2.45) is 0 Å². The molecule has 0 aliphatic carbocycles. The van der Waals surface area contributed by atoms with Crippen LogP contribution in [0.2, 0.25) is 0 Å². The van der Waals surface area contributed by atoms with Crippen LogP contribution in [0, 0.1) is 0 Å². The number of carbonyl (C=O) groups is 1. The van der Waals surface area contributed by atoms with Gasteiger partial charge in [-0.05, 0) is 55.5 Å². The molecule has 2 N–H and O–H groups in total. The van der Waals surface area contributed by atoms with Crippen molar-refractivity contribution in [3.8, 4) is 17.2 Å². The Labute approximate surface area is 187 Å². The van der Waals surface area contributed by atoms with Gasteiger partial charge in [0.05, 0.1) is 12.2 Å². The molecule has 3 rings (SSSR count). The van der Waals surface area contributed by atoms with E-state index in [1.54, 1.807) is 24.3 Å². The number of hydrogen-bond acceptors (Lipinski definition) is 5. The molecule has 0 unspecified atom stereocenters. The summed E-state index contributed by atoms with van der Waals surface area (Å²) >= 11 is 5.28. The fourth-order valence-corrected chi connectivity index (χ4v) is 2.98. The molecule has 0 saturated heterocycles. The molecule has 0 bridgehead atoms. The Bertz CT molecular complexity index is 1010. The number of ether oxygens (including phenoxy) is 3. The summed E-state index contributed by atoms with van der Waals surface area (Å²) in [6.07, 6.45) is 0. The molecule has 0 aliphatic rings. The van der Waals surface area contributed by atoms with Gasteiger partial charge in [-0.15, -0.1) is 0 Å². The van der Waals surface area contributed by atoms with Gasteiger partial charge in [-0.3, -0.25) is 10.1 Å². The number of anilines is 1. The third-order valence-corrected chi connectivity index (χ3v) is 4.32. The maximum Gasteiger partial charge on any atom is 0.261 e. The minimum Gasteiger partial charge on any atom is -0.494 e. The minimum absolute atomic E-state index is 0.181. The number of benzene rings is 3. The van der Waals surface area contributed by atoms with Crippen molar-refractivity contribution in [1.82, 2.24) is 5.32 Å². The van der Waals surface area contributed by atoms with Gasteiger partial charge in [0, 0.05) is 11.8 Å². The molecule has 0 fully saturated rings. The van der Waals surface area contributed by atoms with Gasteiger partial charge < -0.3 is 19.5 Å². The zero-order chi connectivity index (χ0) is 21.9. The Morgan fingerprint density at radius 1 is 0.839 bits per heavy atom. The number of amides is 1. The topological polar surface area (TPSA) is 68.8 Å². The molecule has 0 aromatic heterocycles. The van der Waals surface area contributed by atoms with E-state index in [0.717, 1.165) is 17.2 Å². The third kappa shape index (κ3) is 7.01. The van der Waals surface area contributed by atoms with E-state index in [1.807, 2.05) is 61.5 Å². The molecule has 3 aromatic rings. The van der Waals surface area contributed by atoms with Crippen LogP contribution >= 0.6 is 12.2 Å². The van der Waals surface area contributed by atoms with E-state index in [1.165, 1.54) is 0 Å². The van der Waals surface area contributed by atoms with E-state index in [4.69, 9.17) is 26.4 Å². The van der Waals surface area contributed by atoms with Gasteiger partial charge in [-0.25, -0.2) is 0 Å². The molecule has 31 heavy (non-hydrogen) atoms. The van der Waals surface area contributed by atoms with Crippen molar-refractivity contribution in [3.05, 3.63) is 84.4 Å². The molecule has 0 saturated carbocycles. The number of rotatable bonds is 9. The van der Waals surface area contributed by atoms with E-state index in [9.17, 15) is 4.79 Å². The van der Waals surface area contributed by atoms with Crippen LogP contribution in [0.4, 0.5) is 5.69 Å². The zero-order valence-corrected chi connectivity index (χ0v) is 18.0. The summed E-state index contributed by atoms with van der Waals surface area (Å²) < 4.78 is 16.8. The lowest BCUT2D eigenvalue weighted by molar-refractivity contribution is 0.0972. The van der Waals surface area contributed by atoms with E-state index >= 15 is 0 Å². The summed E-state index contributed by atoms with van der Waals surface area (Å²) in [5.41, 5.74) is 1.10. The number of hydrogen-bond donors (Lipinski definition) is 2. The second-order valence-corrected chi connectivity index (χ2v) is 6.78. The summed E-state index contributed by atoms with van der Waals surface area (Å²) in [6.45, 7) is 3.14. The van der Waals surface area contributed by atoms with E-state index in [2.05, 4.69) is 10.6 Å². The monoisotopic (exact) mass is 436 g/mol. The number of thiocarbonyl (C=S) groups is 1. The third-order valence-electron chi connectivity index (χ3n) is 4.11. The smallest absolute Gasteiger partial charge is 0.261 e. The molecule has 0 radical (unpaired) electrons. The highest BCUT2D eigenvalue weighted by Gasteiger charge is 2.14. The molecular weight excluding hydrogens is 412 g/mol. The maximum atomic E-state index is 12.7. The van der Waals surface area contributed by atoms with Crippen molar-refractivity contribution in [1.29, 1.82) is 0 Å². The second kappa shape index (κ2) is 11.6. The summed E-state index contributed by atoms with van der Waals surface area (Å²) in [5.74, 6) is 1.58. The van der Waals surface area contributed by atoms with Crippen LogP contribution in [-0.2, 0) is 0 Å². The molecular formula is C24H24N2O4S. The summed E-state index contributed by atoms with van der Waals surface area (Å²) in [7, 11) is 0. The Balaban J connectivity index is 1.54. The highest BCUT2D eigenvalue weighted by molar-refractivity contribution is 7.80. The number of para-hydroxylation sites is 2. The maximum absolute atomic E-state index is 12.7. The van der Waals surface area contributed by atoms with Crippen LogP contribution in [-0.4, -0.2) is 30.8 Å². The van der Waals surface area contributed by atoms with Crippen LogP contribution in [0.15, 0.2) is 78.9 Å². The standard InChI is InChI=1S/C24H24N2O4S/c1-2-28-20-12-8-9-18(17-20)25-24(31)26-23(27)21-13-6-7-14-22(21)30-16-15-29-19-10-4-3-5-11-19/h3-14,17H,2,15-16H2,1H3,(H2,25,26,27,31). The highest BCUT2D eigenvalue weighted by atomic mass is 32.1. The molecule has 3 aromatic carbocycles. The van der Waals surface area contributed by atoms with Crippen LogP contribution < -0.4 is 24.8 Å². The largest absolute Gasteiger partial charge is 0.494 e. The fourth-order valence-electron chi connectivity index (χ4n) is 2.77. The molecule has 0 atom stereocenters. The van der Waals surface area contributed by atoms with E-state index < -0.39 is 0 Å². The predicted molar refractivity (Wildman–Crippen MR) is 125 cm³/mol. The van der Waals surface area contributed by atoms with Crippen molar-refractivity contribution in [3.63, 3.8) is 0 Å². The predicted octanol–water partition coefficient (Wildman–Crippen LogP) is 4.67. The lowest BCUT2D eigenvalue weighted by Crippen LogP contribution is -2.34. The van der Waals surface area contributed by atoms with Crippen LogP contribution in [0.3, 0.4) is 0 Å². The molecule has 1 amide bonds. The zero-order valence-electron chi connectivity index (χ0n) is 17.2. The molecule has 6 nitrogen and oxygen atoms in total. The van der Waals surface area contributed by atoms with Gasteiger partial charge in [0.2, 0.25) is 0 Å². The summed E-state index contributed by atoms with van der Waals surface area (Å²) in [4.78, 5) is 12.7. The Kier molecular flexibility index (Phi) is 8.25. The Hall–Kier alpha value is -3.58. The quantitative estimate of drug-likeness (QED) is 0.375. The fraction of sp³-hybridized carbons (Fsp3) is 0.167. The SMILES string of the molecule is CCOc1cccc(NC(=S)NC(=O)c2ccccc2OCCOc2ccccc2)c1. The number of carbonyl (C=O) groups excluding carboxylic acids is 1. The van der Waals surface area contributed by atoms with Crippen molar-refractivity contribution >= 4 is 28.9 Å². The minimum atomic E-state index is -0.363. The van der Waals surface area contributed by atoms with Crippen molar-refractivity contribution in [2.45, 2.75) is 6.92 Å². The van der Waals surface area contributed by atoms with Gasteiger partial charge in [0.1, 0.15) is 30.5 Å². The van der Waals surface area contributed by atoms with Crippen molar-refractivity contribution in [2.75, 3.05) is 25.1 Å². The summed E-state index contributed by atoms with van der Waals surface area (Å²) in [5, 5.41) is 5.85. The molecule has 7 heteroatoms. The van der Waals surface area contributed by atoms with E-state index in [-0.39, 0.29) is 11.0 Å². The van der Waals surface area contributed by atoms with Gasteiger partial charge in [-0.1, -0.05) is 36.4 Å². The first-order valence-electron chi connectivity index (χ1n) is 9.90. The second-order valence-electron chi connectivity index (χ2n) is 6.38. The average molecular weight is 437 g/mol. The average Bonchev–Trinajstić information content (AvgIpc) is 2.78. The molecule has 0 heterocycles. The molecule has 0 aliphatic heterocycles. The Morgan fingerprint density at radius 2 is 1.55 bits per heavy atom. The number of nitrogens with one attached hydrogen (secondary N) is 2. The Morgan fingerprint density at radius 3 is 2.35 bits per heavy atom. The normalized spacial score (nSPS) is 10.1. The first-order chi connectivity index (χ1) is 15.2. The lowest BCUT2D eigenvalue weighted by Gasteiger charge is -2.14. The lowest BCUT2D eigenvalue weighted by atomic mass is 10.2. The van der Waals surface area contributed by atoms with Crippen molar-refractivity contribution < 1.29 is 19.0 Å². The first-order valence-corrected chi connectivity index (χ1v) is 10.3. The first kappa shape index (κ1) is 22.1. The van der Waals surface area contributed by atoms with Gasteiger partial charge >= 0.3 is 0 Å². The van der Waals surface area contributed by atoms with Crippen LogP contribution in [0.1, 0.15) is 17.3 Å². The highest BCUT2D eigenvalue weighted by Crippen LogP contribution is 2.19. The van der Waals surface area contributed by atoms with Gasteiger partial charge in [0.15, 0.2) is 5.11 Å².